The molecule has 0 aromatic carbocycles. The van der Waals surface area contributed by atoms with Crippen LogP contribution in [0.5, 0.6) is 0 Å². The summed E-state index contributed by atoms with van der Waals surface area (Å²) in [6, 6.07) is 0.190. The molecule has 2 rings (SSSR count). The molecule has 1 amide bonds. The first-order valence-corrected chi connectivity index (χ1v) is 6.89. The fourth-order valence-corrected chi connectivity index (χ4v) is 2.60. The van der Waals surface area contributed by atoms with E-state index in [4.69, 9.17) is 5.73 Å². The van der Waals surface area contributed by atoms with E-state index >= 15 is 0 Å². The van der Waals surface area contributed by atoms with Crippen LogP contribution in [0.4, 0.5) is 0 Å². The van der Waals surface area contributed by atoms with Crippen LogP contribution in [0.15, 0.2) is 12.4 Å². The monoisotopic (exact) mass is 336 g/mol. The van der Waals surface area contributed by atoms with Gasteiger partial charge in [-0.3, -0.25) is 9.48 Å². The van der Waals surface area contributed by atoms with E-state index in [0.717, 1.165) is 31.5 Å². The molecule has 1 aromatic rings. The van der Waals surface area contributed by atoms with E-state index in [1.807, 2.05) is 24.3 Å². The van der Waals surface area contributed by atoms with Gasteiger partial charge in [0.05, 0.1) is 6.20 Å². The van der Waals surface area contributed by atoms with Gasteiger partial charge in [-0.05, 0) is 23.8 Å². The van der Waals surface area contributed by atoms with Gasteiger partial charge in [0.2, 0.25) is 5.91 Å². The maximum absolute atomic E-state index is 12.2. The summed E-state index contributed by atoms with van der Waals surface area (Å²) in [4.78, 5) is 14.2. The van der Waals surface area contributed by atoms with Crippen molar-refractivity contribution in [3.8, 4) is 0 Å². The zero-order valence-electron chi connectivity index (χ0n) is 12.9. The molecule has 122 valence electrons. The lowest BCUT2D eigenvalue weighted by atomic mass is 9.79. The van der Waals surface area contributed by atoms with Crippen LogP contribution in [0.2, 0.25) is 0 Å². The Balaban J connectivity index is 0.00000200. The quantitative estimate of drug-likeness (QED) is 0.914. The van der Waals surface area contributed by atoms with Gasteiger partial charge >= 0.3 is 0 Å². The molecule has 1 atom stereocenters. The highest BCUT2D eigenvalue weighted by Gasteiger charge is 2.34. The molecule has 1 aromatic heterocycles. The third-order valence-electron chi connectivity index (χ3n) is 4.05. The van der Waals surface area contributed by atoms with Gasteiger partial charge in [-0.2, -0.15) is 5.10 Å². The van der Waals surface area contributed by atoms with Crippen LogP contribution in [0.3, 0.4) is 0 Å². The summed E-state index contributed by atoms with van der Waals surface area (Å²) >= 11 is 0. The topological polar surface area (TPSA) is 64.2 Å². The summed E-state index contributed by atoms with van der Waals surface area (Å²) < 4.78 is 1.77. The summed E-state index contributed by atoms with van der Waals surface area (Å²) in [5, 5.41) is 4.12. The van der Waals surface area contributed by atoms with E-state index in [0.29, 0.717) is 6.42 Å². The molecule has 2 N–H and O–H groups in total. The van der Waals surface area contributed by atoms with Crippen LogP contribution in [-0.2, 0) is 18.3 Å². The predicted molar refractivity (Wildman–Crippen MR) is 89.0 cm³/mol. The lowest BCUT2D eigenvalue weighted by molar-refractivity contribution is -0.134. The number of piperidine rings is 1. The van der Waals surface area contributed by atoms with Gasteiger partial charge in [0.25, 0.3) is 0 Å². The number of aromatic nitrogens is 2. The Kier molecular flexibility index (Phi) is 7.71. The Hall–Kier alpha value is -0.780. The number of amides is 1. The summed E-state index contributed by atoms with van der Waals surface area (Å²) in [7, 11) is 1.89. The number of nitrogens with zero attached hydrogens (tertiary/aromatic N) is 3. The van der Waals surface area contributed by atoms with Crippen LogP contribution in [-0.4, -0.2) is 39.7 Å². The van der Waals surface area contributed by atoms with Crippen molar-refractivity contribution in [3.05, 3.63) is 18.0 Å². The molecular formula is C14H26Cl2N4O. The average molecular weight is 337 g/mol. The van der Waals surface area contributed by atoms with Gasteiger partial charge in [-0.1, -0.05) is 13.8 Å². The highest BCUT2D eigenvalue weighted by molar-refractivity contribution is 5.85. The summed E-state index contributed by atoms with van der Waals surface area (Å²) in [6.07, 6.45) is 5.99. The number of nitrogens with two attached hydrogens (primary N) is 1. The summed E-state index contributed by atoms with van der Waals surface area (Å²) in [5.41, 5.74) is 7.22. The van der Waals surface area contributed by atoms with Gasteiger partial charge in [0.1, 0.15) is 0 Å². The van der Waals surface area contributed by atoms with Crippen molar-refractivity contribution in [2.24, 2.45) is 18.2 Å². The number of halogens is 2. The second-order valence-electron chi connectivity index (χ2n) is 6.22. The Morgan fingerprint density at radius 3 is 2.67 bits per heavy atom. The van der Waals surface area contributed by atoms with Crippen molar-refractivity contribution in [2.45, 2.75) is 39.2 Å². The molecule has 0 spiro atoms. The van der Waals surface area contributed by atoms with E-state index in [1.54, 1.807) is 4.68 Å². The predicted octanol–water partition coefficient (Wildman–Crippen LogP) is 1.78. The third-order valence-corrected chi connectivity index (χ3v) is 4.05. The standard InChI is InChI=1S/C14H24N4O.2ClH/c1-14(2)10-18(7-6-12(14)15)13(19)5-4-11-8-16-17(3)9-11;;/h8-9,12H,4-7,10,15H2,1-3H3;2*1H. The number of hydrogen-bond donors (Lipinski definition) is 1. The van der Waals surface area contributed by atoms with E-state index in [-0.39, 0.29) is 42.2 Å². The molecule has 1 aliphatic rings. The molecule has 0 radical (unpaired) electrons. The molecule has 5 nitrogen and oxygen atoms in total. The molecule has 21 heavy (non-hydrogen) atoms. The minimum absolute atomic E-state index is 0. The molecule has 1 unspecified atom stereocenters. The number of carbonyl (C=O) groups excluding carboxylic acids is 1. The Morgan fingerprint density at radius 1 is 1.48 bits per heavy atom. The molecule has 1 saturated heterocycles. The lowest BCUT2D eigenvalue weighted by Gasteiger charge is -2.42. The van der Waals surface area contributed by atoms with Crippen molar-refractivity contribution in [3.63, 3.8) is 0 Å². The van der Waals surface area contributed by atoms with Crippen LogP contribution in [0, 0.1) is 5.41 Å². The SMILES string of the molecule is Cl.Cl.Cn1cc(CCC(=O)N2CCC(N)C(C)(C)C2)cn1. The number of carbonyl (C=O) groups is 1. The Bertz CT molecular complexity index is 462. The van der Waals surface area contributed by atoms with Crippen molar-refractivity contribution in [1.29, 1.82) is 0 Å². The minimum Gasteiger partial charge on any atom is -0.342 e. The number of hydrogen-bond acceptors (Lipinski definition) is 3. The van der Waals surface area contributed by atoms with Gasteiger partial charge in [0.15, 0.2) is 0 Å². The maximum atomic E-state index is 12.2. The van der Waals surface area contributed by atoms with Crippen molar-refractivity contribution in [1.82, 2.24) is 14.7 Å². The van der Waals surface area contributed by atoms with Crippen molar-refractivity contribution in [2.75, 3.05) is 13.1 Å². The largest absolute Gasteiger partial charge is 0.342 e. The molecule has 2 heterocycles. The first-order chi connectivity index (χ1) is 8.88. The van der Waals surface area contributed by atoms with E-state index < -0.39 is 0 Å². The zero-order valence-corrected chi connectivity index (χ0v) is 14.5. The van der Waals surface area contributed by atoms with E-state index in [1.165, 1.54) is 0 Å². The molecule has 1 aliphatic heterocycles. The lowest BCUT2D eigenvalue weighted by Crippen LogP contribution is -2.54. The zero-order chi connectivity index (χ0) is 14.0. The number of aryl methyl sites for hydroxylation is 2. The van der Waals surface area contributed by atoms with Crippen LogP contribution >= 0.6 is 24.8 Å². The fourth-order valence-electron chi connectivity index (χ4n) is 2.60. The molecule has 0 saturated carbocycles. The fraction of sp³-hybridized carbons (Fsp3) is 0.714. The van der Waals surface area contributed by atoms with Crippen LogP contribution < -0.4 is 5.73 Å². The summed E-state index contributed by atoms with van der Waals surface area (Å²) in [6.45, 7) is 5.83. The highest BCUT2D eigenvalue weighted by atomic mass is 35.5. The van der Waals surface area contributed by atoms with Crippen molar-refractivity contribution < 1.29 is 4.79 Å². The molecular weight excluding hydrogens is 311 g/mol. The maximum Gasteiger partial charge on any atom is 0.222 e. The third kappa shape index (κ3) is 5.16. The Labute approximate surface area is 139 Å². The highest BCUT2D eigenvalue weighted by Crippen LogP contribution is 2.28. The van der Waals surface area contributed by atoms with Gasteiger partial charge in [0, 0.05) is 38.8 Å². The smallest absolute Gasteiger partial charge is 0.222 e. The second-order valence-corrected chi connectivity index (χ2v) is 6.22. The molecule has 0 aliphatic carbocycles. The molecule has 0 bridgehead atoms. The average Bonchev–Trinajstić information content (AvgIpc) is 2.75. The van der Waals surface area contributed by atoms with Gasteiger partial charge in [-0.25, -0.2) is 0 Å². The summed E-state index contributed by atoms with van der Waals surface area (Å²) in [5.74, 6) is 0.226. The first-order valence-electron chi connectivity index (χ1n) is 6.89. The Morgan fingerprint density at radius 2 is 2.14 bits per heavy atom. The molecule has 7 heteroatoms. The van der Waals surface area contributed by atoms with Gasteiger partial charge < -0.3 is 10.6 Å². The van der Waals surface area contributed by atoms with Crippen molar-refractivity contribution >= 4 is 30.7 Å². The van der Waals surface area contributed by atoms with E-state index in [2.05, 4.69) is 18.9 Å². The first kappa shape index (κ1) is 20.2. The number of likely N-dealkylation sites (tertiary alicyclic amines) is 1. The van der Waals surface area contributed by atoms with E-state index in [9.17, 15) is 4.79 Å². The minimum atomic E-state index is 0. The second kappa shape index (κ2) is 8.01. The van der Waals surface area contributed by atoms with Crippen LogP contribution in [0.25, 0.3) is 0 Å². The molecule has 1 fully saturated rings. The number of rotatable bonds is 3. The normalized spacial score (nSPS) is 20.4. The van der Waals surface area contributed by atoms with Gasteiger partial charge in [-0.15, -0.1) is 24.8 Å². The van der Waals surface area contributed by atoms with Crippen LogP contribution in [0.1, 0.15) is 32.3 Å².